The Morgan fingerprint density at radius 3 is 2.17 bits per heavy atom. The summed E-state index contributed by atoms with van der Waals surface area (Å²) in [5, 5.41) is 9.00. The molecule has 0 saturated heterocycles. The van der Waals surface area contributed by atoms with E-state index in [0.29, 0.717) is 0 Å². The molecule has 1 aromatic carbocycles. The summed E-state index contributed by atoms with van der Waals surface area (Å²) in [6.45, 7) is 0. The molecule has 1 heterocycles. The molecule has 1 aliphatic heterocycles. The second kappa shape index (κ2) is 4.55. The Bertz CT molecular complexity index is 748. The Hall–Kier alpha value is -2.89. The predicted octanol–water partition coefficient (Wildman–Crippen LogP) is 1.83. The summed E-state index contributed by atoms with van der Waals surface area (Å²) in [6, 6.07) is 6.88. The number of benzene rings is 1. The molecule has 0 spiro atoms. The molecular formula is C14H7F3N2O4. The molecule has 2 atom stereocenters. The highest BCUT2D eigenvalue weighted by atomic mass is 19.4. The second-order valence-electron chi connectivity index (χ2n) is 5.21. The number of nitrogens with zero attached hydrogens (tertiary/aromatic N) is 2. The predicted molar refractivity (Wildman–Crippen MR) is 65.2 cm³/mol. The van der Waals surface area contributed by atoms with Crippen molar-refractivity contribution in [3.8, 4) is 6.07 Å². The van der Waals surface area contributed by atoms with E-state index in [4.69, 9.17) is 5.26 Å². The first-order valence-electron chi connectivity index (χ1n) is 6.40. The van der Waals surface area contributed by atoms with Gasteiger partial charge in [-0.15, -0.1) is 0 Å². The quantitative estimate of drug-likeness (QED) is 0.775. The smallest absolute Gasteiger partial charge is 0.328 e. The van der Waals surface area contributed by atoms with Gasteiger partial charge in [-0.25, -0.2) is 4.79 Å². The number of fused-ring (bicyclic) bond motifs is 1. The zero-order chi connectivity index (χ0) is 17.0. The lowest BCUT2D eigenvalue weighted by atomic mass is 10.1. The zero-order valence-corrected chi connectivity index (χ0v) is 11.3. The topological polar surface area (TPSA) is 87.5 Å². The Morgan fingerprint density at radius 1 is 1.26 bits per heavy atom. The van der Waals surface area contributed by atoms with Crippen molar-refractivity contribution in [1.82, 2.24) is 5.06 Å². The maximum absolute atomic E-state index is 12.7. The molecule has 6 nitrogen and oxygen atoms in total. The lowest BCUT2D eigenvalue weighted by molar-refractivity contribution is -0.183. The monoisotopic (exact) mass is 324 g/mol. The number of hydrogen-bond donors (Lipinski definition) is 0. The van der Waals surface area contributed by atoms with Crippen LogP contribution < -0.4 is 0 Å². The van der Waals surface area contributed by atoms with Gasteiger partial charge in [0.2, 0.25) is 0 Å². The van der Waals surface area contributed by atoms with Crippen molar-refractivity contribution in [1.29, 1.82) is 5.26 Å². The van der Waals surface area contributed by atoms with E-state index in [-0.39, 0.29) is 16.2 Å². The standard InChI is InChI=1S/C14H7F3N2O4/c15-14(16,17)9-5-13(9,6-18)12(22)23-19-10(20)7-3-1-2-4-8(7)11(19)21/h1-4,9H,5H2. The third-order valence-corrected chi connectivity index (χ3v) is 3.85. The summed E-state index contributed by atoms with van der Waals surface area (Å²) in [6.07, 6.45) is -5.49. The molecule has 0 aromatic heterocycles. The number of rotatable bonds is 2. The second-order valence-corrected chi connectivity index (χ2v) is 5.21. The minimum atomic E-state index is -4.74. The summed E-state index contributed by atoms with van der Waals surface area (Å²) in [5.74, 6) is -5.65. The Kier molecular flexibility index (Phi) is 2.97. The van der Waals surface area contributed by atoms with Crippen molar-refractivity contribution in [2.45, 2.75) is 12.6 Å². The number of hydroxylamine groups is 2. The Balaban J connectivity index is 1.82. The number of carbonyl (C=O) groups excluding carboxylic acids is 3. The van der Waals surface area contributed by atoms with E-state index < -0.39 is 41.7 Å². The fourth-order valence-corrected chi connectivity index (χ4v) is 2.47. The maximum Gasteiger partial charge on any atom is 0.394 e. The molecule has 1 saturated carbocycles. The number of hydrogen-bond acceptors (Lipinski definition) is 5. The summed E-state index contributed by atoms with van der Waals surface area (Å²) < 4.78 is 38.0. The van der Waals surface area contributed by atoms with Gasteiger partial charge in [0.15, 0.2) is 5.41 Å². The van der Waals surface area contributed by atoms with E-state index in [9.17, 15) is 27.6 Å². The molecule has 1 fully saturated rings. The van der Waals surface area contributed by atoms with Crippen LogP contribution >= 0.6 is 0 Å². The number of alkyl halides is 3. The average molecular weight is 324 g/mol. The molecule has 0 N–H and O–H groups in total. The van der Waals surface area contributed by atoms with Crippen LogP contribution in [0.3, 0.4) is 0 Å². The van der Waals surface area contributed by atoms with Gasteiger partial charge in [-0.05, 0) is 18.6 Å². The van der Waals surface area contributed by atoms with E-state index in [2.05, 4.69) is 4.84 Å². The highest BCUT2D eigenvalue weighted by Gasteiger charge is 2.73. The maximum atomic E-state index is 12.7. The fraction of sp³-hybridized carbons (Fsp3) is 0.286. The van der Waals surface area contributed by atoms with Crippen LogP contribution in [0.15, 0.2) is 24.3 Å². The van der Waals surface area contributed by atoms with Gasteiger partial charge in [0.1, 0.15) is 0 Å². The van der Waals surface area contributed by atoms with Crippen molar-refractivity contribution in [3.05, 3.63) is 35.4 Å². The summed E-state index contributed by atoms with van der Waals surface area (Å²) in [7, 11) is 0. The molecule has 2 unspecified atom stereocenters. The van der Waals surface area contributed by atoms with Gasteiger partial charge in [-0.2, -0.15) is 18.4 Å². The fourth-order valence-electron chi connectivity index (χ4n) is 2.47. The average Bonchev–Trinajstić information content (AvgIpc) is 3.23. The van der Waals surface area contributed by atoms with Crippen molar-refractivity contribution < 1.29 is 32.4 Å². The van der Waals surface area contributed by atoms with Gasteiger partial charge < -0.3 is 4.84 Å². The first-order chi connectivity index (χ1) is 10.7. The first kappa shape index (κ1) is 15.0. The Morgan fingerprint density at radius 2 is 1.78 bits per heavy atom. The molecule has 23 heavy (non-hydrogen) atoms. The van der Waals surface area contributed by atoms with Gasteiger partial charge >= 0.3 is 12.1 Å². The lowest BCUT2D eigenvalue weighted by Crippen LogP contribution is -2.37. The van der Waals surface area contributed by atoms with Crippen LogP contribution in [0.25, 0.3) is 0 Å². The first-order valence-corrected chi connectivity index (χ1v) is 6.40. The lowest BCUT2D eigenvalue weighted by Gasteiger charge is -2.15. The minimum Gasteiger partial charge on any atom is -0.328 e. The van der Waals surface area contributed by atoms with E-state index in [0.717, 1.165) is 0 Å². The van der Waals surface area contributed by atoms with Crippen molar-refractivity contribution in [3.63, 3.8) is 0 Å². The van der Waals surface area contributed by atoms with Gasteiger partial charge in [0.05, 0.1) is 23.1 Å². The van der Waals surface area contributed by atoms with Crippen LogP contribution in [0.5, 0.6) is 0 Å². The molecule has 1 aromatic rings. The van der Waals surface area contributed by atoms with Gasteiger partial charge in [-0.3, -0.25) is 9.59 Å². The van der Waals surface area contributed by atoms with Gasteiger partial charge in [0.25, 0.3) is 11.8 Å². The SMILES string of the molecule is N#CC1(C(=O)ON2C(=O)c3ccccc3C2=O)CC1C(F)(F)F. The van der Waals surface area contributed by atoms with Gasteiger partial charge in [-0.1, -0.05) is 17.2 Å². The number of halogens is 3. The summed E-state index contributed by atoms with van der Waals surface area (Å²) >= 11 is 0. The van der Waals surface area contributed by atoms with Gasteiger partial charge in [0, 0.05) is 0 Å². The van der Waals surface area contributed by atoms with E-state index in [1.807, 2.05) is 0 Å². The van der Waals surface area contributed by atoms with Crippen molar-refractivity contribution in [2.24, 2.45) is 11.3 Å². The molecule has 3 rings (SSSR count). The van der Waals surface area contributed by atoms with Crippen LogP contribution in [-0.4, -0.2) is 29.0 Å². The van der Waals surface area contributed by atoms with Crippen LogP contribution in [0, 0.1) is 22.7 Å². The number of carbonyl (C=O) groups is 3. The molecule has 2 amide bonds. The highest BCUT2D eigenvalue weighted by Crippen LogP contribution is 2.60. The molecule has 9 heteroatoms. The number of imide groups is 1. The van der Waals surface area contributed by atoms with Crippen LogP contribution in [0.1, 0.15) is 27.1 Å². The third kappa shape index (κ3) is 2.06. The number of nitriles is 1. The molecule has 2 aliphatic rings. The van der Waals surface area contributed by atoms with Crippen LogP contribution in [0.2, 0.25) is 0 Å². The summed E-state index contributed by atoms with van der Waals surface area (Å²) in [4.78, 5) is 40.4. The minimum absolute atomic E-state index is 0.0283. The molecule has 118 valence electrons. The van der Waals surface area contributed by atoms with Crippen molar-refractivity contribution in [2.75, 3.05) is 0 Å². The van der Waals surface area contributed by atoms with Crippen LogP contribution in [-0.2, 0) is 9.63 Å². The number of amides is 2. The van der Waals surface area contributed by atoms with E-state index in [1.54, 1.807) is 0 Å². The highest BCUT2D eigenvalue weighted by molar-refractivity contribution is 6.21. The zero-order valence-electron chi connectivity index (χ0n) is 11.3. The summed E-state index contributed by atoms with van der Waals surface area (Å²) in [5.41, 5.74) is -2.47. The van der Waals surface area contributed by atoms with E-state index in [1.165, 1.54) is 30.3 Å². The third-order valence-electron chi connectivity index (χ3n) is 3.85. The van der Waals surface area contributed by atoms with E-state index >= 15 is 0 Å². The molecular weight excluding hydrogens is 317 g/mol. The molecule has 0 radical (unpaired) electrons. The molecule has 0 bridgehead atoms. The Labute approximate surface area is 127 Å². The largest absolute Gasteiger partial charge is 0.394 e. The van der Waals surface area contributed by atoms with Crippen LogP contribution in [0.4, 0.5) is 13.2 Å². The normalized spacial score (nSPS) is 25.8. The van der Waals surface area contributed by atoms with Crippen molar-refractivity contribution >= 4 is 17.8 Å². The molecule has 1 aliphatic carbocycles.